The van der Waals surface area contributed by atoms with E-state index in [0.29, 0.717) is 13.0 Å². The van der Waals surface area contributed by atoms with Gasteiger partial charge in [0, 0.05) is 33.5 Å². The van der Waals surface area contributed by atoms with Crippen LogP contribution < -0.4 is 0 Å². The number of hydrogen-bond donors (Lipinski definition) is 0. The fourth-order valence-corrected chi connectivity index (χ4v) is 3.29. The second-order valence-corrected chi connectivity index (χ2v) is 12.3. The zero-order valence-electron chi connectivity index (χ0n) is 15.1. The molecule has 1 fully saturated rings. The maximum absolute atomic E-state index is 11.1. The van der Waals surface area contributed by atoms with E-state index in [1.54, 1.807) is 7.11 Å². The largest absolute Gasteiger partial charge is 0.436 e. The molecule has 1 aliphatic heterocycles. The highest BCUT2D eigenvalue weighted by Crippen LogP contribution is 2.36. The van der Waals surface area contributed by atoms with Gasteiger partial charge >= 0.3 is 5.97 Å². The summed E-state index contributed by atoms with van der Waals surface area (Å²) in [5, 5.41) is 0.204. The number of esters is 1. The molecule has 1 aliphatic rings. The van der Waals surface area contributed by atoms with Crippen LogP contribution >= 0.6 is 0 Å². The minimum atomic E-state index is -1.73. The number of carbonyl (C=O) groups is 1. The van der Waals surface area contributed by atoms with Crippen molar-refractivity contribution >= 4 is 14.3 Å². The van der Waals surface area contributed by atoms with Gasteiger partial charge in [-0.15, -0.1) is 0 Å². The molecule has 1 rings (SSSR count). The number of carbonyl (C=O) groups excluding carboxylic acids is 1. The molecule has 0 unspecified atom stereocenters. The summed E-state index contributed by atoms with van der Waals surface area (Å²) >= 11 is 0. The SMILES string of the molecule is CO[C@@H]1C[C@@H](CCO[Si](C)(C)C(C)(C)C)O[C@@H](OC(C)=O)C1. The first-order chi connectivity index (χ1) is 10.0. The Bertz CT molecular complexity index is 364. The summed E-state index contributed by atoms with van der Waals surface area (Å²) in [5.74, 6) is -0.321. The molecule has 0 N–H and O–H groups in total. The van der Waals surface area contributed by atoms with E-state index in [-0.39, 0.29) is 23.2 Å². The van der Waals surface area contributed by atoms with Crippen molar-refractivity contribution in [2.75, 3.05) is 13.7 Å². The lowest BCUT2D eigenvalue weighted by Gasteiger charge is -2.38. The van der Waals surface area contributed by atoms with Crippen LogP contribution in [-0.4, -0.2) is 46.5 Å². The van der Waals surface area contributed by atoms with Crippen molar-refractivity contribution in [2.24, 2.45) is 0 Å². The third-order valence-electron chi connectivity index (χ3n) is 4.67. The average molecular weight is 333 g/mol. The molecule has 5 nitrogen and oxygen atoms in total. The maximum atomic E-state index is 11.1. The Morgan fingerprint density at radius 1 is 1.27 bits per heavy atom. The highest BCUT2D eigenvalue weighted by molar-refractivity contribution is 6.74. The van der Waals surface area contributed by atoms with Crippen molar-refractivity contribution in [3.05, 3.63) is 0 Å². The summed E-state index contributed by atoms with van der Waals surface area (Å²) in [5.41, 5.74) is 0. The molecule has 0 aliphatic carbocycles. The standard InChI is InChI=1S/C16H32O5Si/c1-12(17)20-15-11-14(18-5)10-13(21-15)8-9-19-22(6,7)16(2,3)4/h13-15H,8-11H2,1-7H3/t13-,14-,15-/m1/s1. The van der Waals surface area contributed by atoms with E-state index in [0.717, 1.165) is 12.8 Å². The van der Waals surface area contributed by atoms with Crippen LogP contribution in [0.25, 0.3) is 0 Å². The van der Waals surface area contributed by atoms with Crippen LogP contribution in [0, 0.1) is 0 Å². The third-order valence-corrected chi connectivity index (χ3v) is 9.20. The molecule has 1 saturated heterocycles. The number of rotatable bonds is 6. The van der Waals surface area contributed by atoms with Crippen LogP contribution in [0.1, 0.15) is 47.0 Å². The van der Waals surface area contributed by atoms with Crippen molar-refractivity contribution in [2.45, 2.75) is 83.6 Å². The Morgan fingerprint density at radius 3 is 2.41 bits per heavy atom. The lowest BCUT2D eigenvalue weighted by molar-refractivity contribution is -0.218. The average Bonchev–Trinajstić information content (AvgIpc) is 2.36. The molecule has 0 aromatic rings. The molecule has 1 heterocycles. The van der Waals surface area contributed by atoms with Crippen molar-refractivity contribution in [1.29, 1.82) is 0 Å². The van der Waals surface area contributed by atoms with Crippen molar-refractivity contribution in [3.63, 3.8) is 0 Å². The van der Waals surface area contributed by atoms with Gasteiger partial charge in [-0.2, -0.15) is 0 Å². The normalized spacial score (nSPS) is 26.8. The van der Waals surface area contributed by atoms with E-state index in [1.165, 1.54) is 6.92 Å². The van der Waals surface area contributed by atoms with Gasteiger partial charge in [0.2, 0.25) is 6.29 Å². The summed E-state index contributed by atoms with van der Waals surface area (Å²) in [7, 11) is -0.0456. The summed E-state index contributed by atoms with van der Waals surface area (Å²) in [6.07, 6.45) is 1.77. The third kappa shape index (κ3) is 5.99. The van der Waals surface area contributed by atoms with Gasteiger partial charge in [-0.05, 0) is 24.6 Å². The van der Waals surface area contributed by atoms with Crippen LogP contribution in [0.5, 0.6) is 0 Å². The minimum absolute atomic E-state index is 0.00724. The second-order valence-electron chi connectivity index (χ2n) is 7.52. The van der Waals surface area contributed by atoms with Crippen LogP contribution in [0.4, 0.5) is 0 Å². The Balaban J connectivity index is 2.48. The molecular weight excluding hydrogens is 300 g/mol. The van der Waals surface area contributed by atoms with Gasteiger partial charge < -0.3 is 18.6 Å². The van der Waals surface area contributed by atoms with E-state index in [4.69, 9.17) is 18.6 Å². The van der Waals surface area contributed by atoms with E-state index in [1.807, 2.05) is 0 Å². The predicted molar refractivity (Wildman–Crippen MR) is 88.2 cm³/mol. The van der Waals surface area contributed by atoms with Crippen molar-refractivity contribution in [3.8, 4) is 0 Å². The molecule has 0 aromatic carbocycles. The molecule has 130 valence electrons. The Kier molecular flexibility index (Phi) is 7.04. The zero-order valence-corrected chi connectivity index (χ0v) is 16.1. The molecule has 0 bridgehead atoms. The fraction of sp³-hybridized carbons (Fsp3) is 0.938. The van der Waals surface area contributed by atoms with Gasteiger partial charge in [-0.3, -0.25) is 4.79 Å². The second kappa shape index (κ2) is 7.90. The molecule has 6 heteroatoms. The van der Waals surface area contributed by atoms with Gasteiger partial charge in [0.25, 0.3) is 0 Å². The topological polar surface area (TPSA) is 54.0 Å². The lowest BCUT2D eigenvalue weighted by Crippen LogP contribution is -2.43. The highest BCUT2D eigenvalue weighted by atomic mass is 28.4. The molecule has 0 radical (unpaired) electrons. The summed E-state index contributed by atoms with van der Waals surface area (Å²) in [4.78, 5) is 11.1. The van der Waals surface area contributed by atoms with Gasteiger partial charge in [0.1, 0.15) is 0 Å². The van der Waals surface area contributed by atoms with Crippen LogP contribution in [0.15, 0.2) is 0 Å². The highest BCUT2D eigenvalue weighted by Gasteiger charge is 2.37. The zero-order chi connectivity index (χ0) is 17.0. The number of hydrogen-bond acceptors (Lipinski definition) is 5. The maximum Gasteiger partial charge on any atom is 0.304 e. The molecule has 0 spiro atoms. The van der Waals surface area contributed by atoms with E-state index in [2.05, 4.69) is 33.9 Å². The molecule has 0 amide bonds. The first-order valence-electron chi connectivity index (χ1n) is 8.04. The summed E-state index contributed by atoms with van der Waals surface area (Å²) < 4.78 is 22.6. The van der Waals surface area contributed by atoms with Gasteiger partial charge in [0.15, 0.2) is 8.32 Å². The Labute approximate surface area is 135 Å². The van der Waals surface area contributed by atoms with Crippen LogP contribution in [-0.2, 0) is 23.4 Å². The molecule has 0 saturated carbocycles. The van der Waals surface area contributed by atoms with Crippen molar-refractivity contribution in [1.82, 2.24) is 0 Å². The first kappa shape index (κ1) is 19.6. The van der Waals surface area contributed by atoms with Gasteiger partial charge in [-0.1, -0.05) is 20.8 Å². The molecule has 22 heavy (non-hydrogen) atoms. The lowest BCUT2D eigenvalue weighted by atomic mass is 10.0. The monoisotopic (exact) mass is 332 g/mol. The van der Waals surface area contributed by atoms with Gasteiger partial charge in [-0.25, -0.2) is 0 Å². The van der Waals surface area contributed by atoms with Crippen LogP contribution in [0.3, 0.4) is 0 Å². The molecular formula is C16H32O5Si. The Morgan fingerprint density at radius 2 is 1.91 bits per heavy atom. The van der Waals surface area contributed by atoms with E-state index < -0.39 is 14.6 Å². The molecule has 3 atom stereocenters. The minimum Gasteiger partial charge on any atom is -0.436 e. The first-order valence-corrected chi connectivity index (χ1v) is 11.0. The predicted octanol–water partition coefficient (Wildman–Crippen LogP) is 3.48. The number of methoxy groups -OCH3 is 1. The van der Waals surface area contributed by atoms with Gasteiger partial charge in [0.05, 0.1) is 12.2 Å². The number of ether oxygens (including phenoxy) is 3. The summed E-state index contributed by atoms with van der Waals surface area (Å²) in [6.45, 7) is 13.2. The Hall–Kier alpha value is -0.433. The quantitative estimate of drug-likeness (QED) is 0.550. The van der Waals surface area contributed by atoms with E-state index >= 15 is 0 Å². The smallest absolute Gasteiger partial charge is 0.304 e. The summed E-state index contributed by atoms with van der Waals surface area (Å²) in [6, 6.07) is 0. The molecule has 0 aromatic heterocycles. The van der Waals surface area contributed by atoms with Crippen LogP contribution in [0.2, 0.25) is 18.1 Å². The van der Waals surface area contributed by atoms with Crippen molar-refractivity contribution < 1.29 is 23.4 Å². The van der Waals surface area contributed by atoms with E-state index in [9.17, 15) is 4.79 Å². The fourth-order valence-electron chi connectivity index (χ4n) is 2.23.